The van der Waals surface area contributed by atoms with Gasteiger partial charge >= 0.3 is 0 Å². The first-order valence-corrected chi connectivity index (χ1v) is 5.55. The minimum absolute atomic E-state index is 0.770. The lowest BCUT2D eigenvalue weighted by Gasteiger charge is -2.01. The van der Waals surface area contributed by atoms with Crippen LogP contribution in [0.15, 0.2) is 35.1 Å². The van der Waals surface area contributed by atoms with Gasteiger partial charge in [0, 0.05) is 12.1 Å². The summed E-state index contributed by atoms with van der Waals surface area (Å²) >= 11 is 3.36. The molecule has 0 atom stereocenters. The third-order valence-electron chi connectivity index (χ3n) is 2.15. The molecule has 0 aliphatic heterocycles. The number of hydrogen-bond donors (Lipinski definition) is 2. The zero-order chi connectivity index (χ0) is 10.7. The summed E-state index contributed by atoms with van der Waals surface area (Å²) in [6.07, 6.45) is 0. The number of aromatic nitrogens is 2. The molecule has 0 amide bonds. The summed E-state index contributed by atoms with van der Waals surface area (Å²) in [6.45, 7) is 0.781. The van der Waals surface area contributed by atoms with Crippen LogP contribution in [0.25, 0.3) is 11.3 Å². The molecule has 2 aromatic rings. The molecule has 0 spiro atoms. The molecule has 0 saturated carbocycles. The van der Waals surface area contributed by atoms with Crippen molar-refractivity contribution < 1.29 is 0 Å². The molecule has 1 aromatic heterocycles. The van der Waals surface area contributed by atoms with E-state index in [1.807, 2.05) is 25.2 Å². The van der Waals surface area contributed by atoms with Crippen LogP contribution in [-0.4, -0.2) is 17.0 Å². The molecule has 1 heterocycles. The Morgan fingerprint density at radius 3 is 2.73 bits per heavy atom. The van der Waals surface area contributed by atoms with Gasteiger partial charge in [-0.1, -0.05) is 30.3 Å². The Morgan fingerprint density at radius 2 is 2.07 bits per heavy atom. The molecule has 0 aliphatic rings. The molecule has 1 aromatic carbocycles. The largest absolute Gasteiger partial charge is 0.335 e. The average Bonchev–Trinajstić information content (AvgIpc) is 2.62. The molecule has 3 nitrogen and oxygen atoms in total. The molecule has 2 rings (SSSR count). The lowest BCUT2D eigenvalue weighted by atomic mass is 10.1. The SMILES string of the molecule is CNCc1[nH]c(Br)nc1-c1ccccc1. The van der Waals surface area contributed by atoms with Crippen molar-refractivity contribution in [3.05, 3.63) is 40.8 Å². The van der Waals surface area contributed by atoms with E-state index in [0.717, 1.165) is 28.2 Å². The van der Waals surface area contributed by atoms with Crippen molar-refractivity contribution in [2.75, 3.05) is 7.05 Å². The average molecular weight is 266 g/mol. The lowest BCUT2D eigenvalue weighted by molar-refractivity contribution is 0.797. The van der Waals surface area contributed by atoms with Crippen LogP contribution < -0.4 is 5.32 Å². The molecule has 78 valence electrons. The first-order valence-electron chi connectivity index (χ1n) is 4.75. The van der Waals surface area contributed by atoms with E-state index >= 15 is 0 Å². The smallest absolute Gasteiger partial charge is 0.175 e. The summed E-state index contributed by atoms with van der Waals surface area (Å²) in [5.74, 6) is 0. The number of imidazole rings is 1. The highest BCUT2D eigenvalue weighted by atomic mass is 79.9. The Hall–Kier alpha value is -1.13. The first-order chi connectivity index (χ1) is 7.31. The Kier molecular flexibility index (Phi) is 3.18. The monoisotopic (exact) mass is 265 g/mol. The fourth-order valence-electron chi connectivity index (χ4n) is 1.52. The van der Waals surface area contributed by atoms with Gasteiger partial charge in [-0.3, -0.25) is 0 Å². The minimum atomic E-state index is 0.770. The number of H-pyrrole nitrogens is 1. The fourth-order valence-corrected chi connectivity index (χ4v) is 1.93. The molecule has 0 fully saturated rings. The normalized spacial score (nSPS) is 10.5. The minimum Gasteiger partial charge on any atom is -0.335 e. The summed E-state index contributed by atoms with van der Waals surface area (Å²) in [7, 11) is 1.92. The van der Waals surface area contributed by atoms with E-state index in [9.17, 15) is 0 Å². The van der Waals surface area contributed by atoms with E-state index < -0.39 is 0 Å². The molecule has 0 radical (unpaired) electrons. The number of benzene rings is 1. The Balaban J connectivity index is 2.43. The zero-order valence-corrected chi connectivity index (χ0v) is 10.0. The highest BCUT2D eigenvalue weighted by Gasteiger charge is 2.09. The van der Waals surface area contributed by atoms with Crippen molar-refractivity contribution in [1.29, 1.82) is 0 Å². The highest BCUT2D eigenvalue weighted by molar-refractivity contribution is 9.10. The second-order valence-electron chi connectivity index (χ2n) is 3.25. The van der Waals surface area contributed by atoms with Crippen molar-refractivity contribution in [3.8, 4) is 11.3 Å². The van der Waals surface area contributed by atoms with Crippen molar-refractivity contribution in [3.63, 3.8) is 0 Å². The van der Waals surface area contributed by atoms with E-state index in [4.69, 9.17) is 0 Å². The van der Waals surface area contributed by atoms with Gasteiger partial charge in [0.1, 0.15) is 0 Å². The molecule has 4 heteroatoms. The van der Waals surface area contributed by atoms with Crippen LogP contribution in [0, 0.1) is 0 Å². The van der Waals surface area contributed by atoms with Gasteiger partial charge in [-0.15, -0.1) is 0 Å². The molecular weight excluding hydrogens is 254 g/mol. The lowest BCUT2D eigenvalue weighted by Crippen LogP contribution is -2.06. The molecule has 0 bridgehead atoms. The molecule has 0 unspecified atom stereocenters. The van der Waals surface area contributed by atoms with Gasteiger partial charge in [-0.2, -0.15) is 0 Å². The number of rotatable bonds is 3. The predicted molar refractivity (Wildman–Crippen MR) is 64.5 cm³/mol. The van der Waals surface area contributed by atoms with Crippen molar-refractivity contribution in [2.24, 2.45) is 0 Å². The Morgan fingerprint density at radius 1 is 1.33 bits per heavy atom. The second kappa shape index (κ2) is 4.59. The Bertz CT molecular complexity index is 436. The van der Waals surface area contributed by atoms with Crippen LogP contribution in [0.1, 0.15) is 5.69 Å². The highest BCUT2D eigenvalue weighted by Crippen LogP contribution is 2.23. The standard InChI is InChI=1S/C11H12BrN3/c1-13-7-9-10(15-11(12)14-9)8-5-3-2-4-6-8/h2-6,13H,7H2,1H3,(H,14,15). The molecular formula is C11H12BrN3. The Labute approximate surface area is 97.1 Å². The van der Waals surface area contributed by atoms with E-state index in [-0.39, 0.29) is 0 Å². The maximum atomic E-state index is 4.42. The van der Waals surface area contributed by atoms with Gasteiger partial charge < -0.3 is 10.3 Å². The molecule has 2 N–H and O–H groups in total. The second-order valence-corrected chi connectivity index (χ2v) is 4.00. The van der Waals surface area contributed by atoms with Gasteiger partial charge in [0.05, 0.1) is 11.4 Å². The van der Waals surface area contributed by atoms with Gasteiger partial charge in [-0.25, -0.2) is 4.98 Å². The maximum Gasteiger partial charge on any atom is 0.175 e. The number of nitrogens with zero attached hydrogens (tertiary/aromatic N) is 1. The summed E-state index contributed by atoms with van der Waals surface area (Å²) in [6, 6.07) is 10.1. The van der Waals surface area contributed by atoms with Crippen LogP contribution in [0.2, 0.25) is 0 Å². The topological polar surface area (TPSA) is 40.7 Å². The quantitative estimate of drug-likeness (QED) is 0.896. The van der Waals surface area contributed by atoms with E-state index in [0.29, 0.717) is 0 Å². The molecule has 0 saturated heterocycles. The van der Waals surface area contributed by atoms with Gasteiger partial charge in [-0.05, 0) is 23.0 Å². The van der Waals surface area contributed by atoms with E-state index in [1.54, 1.807) is 0 Å². The van der Waals surface area contributed by atoms with Crippen LogP contribution in [0.5, 0.6) is 0 Å². The van der Waals surface area contributed by atoms with Crippen LogP contribution >= 0.6 is 15.9 Å². The van der Waals surface area contributed by atoms with Gasteiger partial charge in [0.2, 0.25) is 0 Å². The number of aromatic amines is 1. The number of nitrogens with one attached hydrogen (secondary N) is 2. The molecule has 15 heavy (non-hydrogen) atoms. The zero-order valence-electron chi connectivity index (χ0n) is 8.42. The van der Waals surface area contributed by atoms with E-state index in [1.165, 1.54) is 0 Å². The van der Waals surface area contributed by atoms with Crippen molar-refractivity contribution >= 4 is 15.9 Å². The number of halogens is 1. The summed E-state index contributed by atoms with van der Waals surface area (Å²) < 4.78 is 0.770. The predicted octanol–water partition coefficient (Wildman–Crippen LogP) is 2.56. The fraction of sp³-hybridized carbons (Fsp3) is 0.182. The summed E-state index contributed by atoms with van der Waals surface area (Å²) in [5, 5.41) is 3.12. The maximum absolute atomic E-state index is 4.42. The third kappa shape index (κ3) is 2.27. The van der Waals surface area contributed by atoms with Crippen LogP contribution in [0.4, 0.5) is 0 Å². The van der Waals surface area contributed by atoms with Crippen molar-refractivity contribution in [2.45, 2.75) is 6.54 Å². The molecule has 0 aliphatic carbocycles. The van der Waals surface area contributed by atoms with Crippen LogP contribution in [-0.2, 0) is 6.54 Å². The van der Waals surface area contributed by atoms with Gasteiger partial charge in [0.15, 0.2) is 4.73 Å². The van der Waals surface area contributed by atoms with Gasteiger partial charge in [0.25, 0.3) is 0 Å². The number of hydrogen-bond acceptors (Lipinski definition) is 2. The third-order valence-corrected chi connectivity index (χ3v) is 2.53. The summed E-state index contributed by atoms with van der Waals surface area (Å²) in [4.78, 5) is 7.61. The summed E-state index contributed by atoms with van der Waals surface area (Å²) in [5.41, 5.74) is 3.22. The van der Waals surface area contributed by atoms with Crippen LogP contribution in [0.3, 0.4) is 0 Å². The van der Waals surface area contributed by atoms with Crippen molar-refractivity contribution in [1.82, 2.24) is 15.3 Å². The van der Waals surface area contributed by atoms with E-state index in [2.05, 4.69) is 43.3 Å². The first kappa shape index (κ1) is 10.4.